The van der Waals surface area contributed by atoms with E-state index < -0.39 is 0 Å². The zero-order valence-electron chi connectivity index (χ0n) is 12.7. The Morgan fingerprint density at radius 3 is 1.75 bits per heavy atom. The topological polar surface area (TPSA) is 138 Å². The number of benzene rings is 1. The van der Waals surface area contributed by atoms with Crippen molar-refractivity contribution in [2.75, 3.05) is 0 Å². The first kappa shape index (κ1) is 15.3. The lowest BCUT2D eigenvalue weighted by atomic mass is 10.1. The van der Waals surface area contributed by atoms with Crippen LogP contribution >= 0.6 is 0 Å². The predicted molar refractivity (Wildman–Crippen MR) is 92.7 cm³/mol. The molecule has 0 radical (unpaired) electrons. The third-order valence-corrected chi connectivity index (χ3v) is 3.48. The Labute approximate surface area is 138 Å². The molecule has 0 amide bonds. The molecule has 6 N–H and O–H groups in total. The van der Waals surface area contributed by atoms with Crippen molar-refractivity contribution < 1.29 is 0 Å². The number of hydrogen-bond acceptors (Lipinski definition) is 5. The molecule has 0 aliphatic heterocycles. The minimum atomic E-state index is -0.0674. The molecule has 0 aliphatic rings. The van der Waals surface area contributed by atoms with E-state index in [4.69, 9.17) is 22.3 Å². The summed E-state index contributed by atoms with van der Waals surface area (Å²) in [6.45, 7) is 0. The summed E-state index contributed by atoms with van der Waals surface area (Å²) in [5.74, 6) is 0.545. The third-order valence-electron chi connectivity index (χ3n) is 3.48. The summed E-state index contributed by atoms with van der Waals surface area (Å²) in [6.07, 6.45) is 5.06. The van der Waals surface area contributed by atoms with Crippen molar-refractivity contribution in [2.24, 2.45) is 11.5 Å². The van der Waals surface area contributed by atoms with Crippen LogP contribution in [0.25, 0.3) is 22.5 Å². The normalized spacial score (nSPS) is 10.3. The minimum absolute atomic E-state index is 0.0272. The molecule has 0 aliphatic carbocycles. The molecule has 0 unspecified atom stereocenters. The molecule has 0 fully saturated rings. The van der Waals surface area contributed by atoms with E-state index in [0.717, 1.165) is 16.7 Å². The van der Waals surface area contributed by atoms with Crippen molar-refractivity contribution in [2.45, 2.75) is 0 Å². The van der Waals surface area contributed by atoms with Crippen molar-refractivity contribution in [1.29, 1.82) is 10.8 Å². The number of nitrogens with two attached hydrogens (primary N) is 2. The lowest BCUT2D eigenvalue weighted by Gasteiger charge is -2.05. The zero-order valence-corrected chi connectivity index (χ0v) is 12.7. The highest BCUT2D eigenvalue weighted by atomic mass is 14.9. The summed E-state index contributed by atoms with van der Waals surface area (Å²) in [7, 11) is 0. The van der Waals surface area contributed by atoms with E-state index in [0.29, 0.717) is 17.1 Å². The van der Waals surface area contributed by atoms with Gasteiger partial charge in [0.2, 0.25) is 0 Å². The zero-order chi connectivity index (χ0) is 17.1. The van der Waals surface area contributed by atoms with Crippen molar-refractivity contribution >= 4 is 11.7 Å². The van der Waals surface area contributed by atoms with Crippen LogP contribution in [0.4, 0.5) is 0 Å². The Balaban J connectivity index is 1.84. The van der Waals surface area contributed by atoms with E-state index >= 15 is 0 Å². The molecule has 0 saturated heterocycles. The Kier molecular flexibility index (Phi) is 3.98. The van der Waals surface area contributed by atoms with E-state index in [1.54, 1.807) is 36.8 Å². The first-order valence-electron chi connectivity index (χ1n) is 7.12. The highest BCUT2D eigenvalue weighted by molar-refractivity contribution is 5.95. The highest BCUT2D eigenvalue weighted by Gasteiger charge is 2.05. The fourth-order valence-electron chi connectivity index (χ4n) is 2.15. The van der Waals surface area contributed by atoms with Gasteiger partial charge in [0.05, 0.1) is 0 Å². The molecular formula is C17H15N7. The molecule has 7 heteroatoms. The average molecular weight is 317 g/mol. The van der Waals surface area contributed by atoms with Gasteiger partial charge in [0.15, 0.2) is 5.82 Å². The fraction of sp³-hybridized carbons (Fsp3) is 0. The molecule has 7 nitrogen and oxygen atoms in total. The van der Waals surface area contributed by atoms with Crippen LogP contribution in [0.15, 0.2) is 55.0 Å². The standard InChI is InChI=1S/C17H15N7/c18-15(19)10-1-3-11(4-2-10)17-23-8-13(9-24-17)12-5-6-14(16(20)21)22-7-12/h1-9H,(H3,18,19)(H3,20,21). The van der Waals surface area contributed by atoms with Crippen LogP contribution in [0, 0.1) is 10.8 Å². The molecule has 3 rings (SSSR count). The number of nitrogens with one attached hydrogen (secondary N) is 2. The summed E-state index contributed by atoms with van der Waals surface area (Å²) in [5, 5.41) is 14.7. The lowest BCUT2D eigenvalue weighted by Crippen LogP contribution is -2.12. The second-order valence-electron chi connectivity index (χ2n) is 5.13. The summed E-state index contributed by atoms with van der Waals surface area (Å²) in [4.78, 5) is 12.9. The van der Waals surface area contributed by atoms with Gasteiger partial charge in [-0.3, -0.25) is 15.8 Å². The van der Waals surface area contributed by atoms with Gasteiger partial charge in [-0.2, -0.15) is 0 Å². The van der Waals surface area contributed by atoms with Gasteiger partial charge in [-0.05, 0) is 6.07 Å². The molecule has 3 aromatic rings. The Bertz CT molecular complexity index is 805. The van der Waals surface area contributed by atoms with Gasteiger partial charge in [-0.25, -0.2) is 9.97 Å². The van der Waals surface area contributed by atoms with Gasteiger partial charge >= 0.3 is 0 Å². The lowest BCUT2D eigenvalue weighted by molar-refractivity contribution is 1.17. The largest absolute Gasteiger partial charge is 0.384 e. The third kappa shape index (κ3) is 3.09. The van der Waals surface area contributed by atoms with Crippen LogP contribution < -0.4 is 11.5 Å². The number of amidine groups is 2. The second-order valence-corrected chi connectivity index (χ2v) is 5.13. The summed E-state index contributed by atoms with van der Waals surface area (Å²) in [5.41, 5.74) is 14.4. The molecule has 0 saturated carbocycles. The number of hydrogen-bond donors (Lipinski definition) is 4. The van der Waals surface area contributed by atoms with Gasteiger partial charge in [0.1, 0.15) is 17.4 Å². The average Bonchev–Trinajstić information content (AvgIpc) is 2.62. The van der Waals surface area contributed by atoms with Crippen LogP contribution in [-0.2, 0) is 0 Å². The quantitative estimate of drug-likeness (QED) is 0.429. The van der Waals surface area contributed by atoms with E-state index in [2.05, 4.69) is 15.0 Å². The van der Waals surface area contributed by atoms with Crippen LogP contribution in [0.5, 0.6) is 0 Å². The van der Waals surface area contributed by atoms with Crippen molar-refractivity contribution in [1.82, 2.24) is 15.0 Å². The van der Waals surface area contributed by atoms with E-state index in [-0.39, 0.29) is 11.7 Å². The summed E-state index contributed by atoms with van der Waals surface area (Å²) < 4.78 is 0. The Morgan fingerprint density at radius 2 is 1.25 bits per heavy atom. The van der Waals surface area contributed by atoms with Gasteiger partial charge < -0.3 is 11.5 Å². The molecule has 2 aromatic heterocycles. The van der Waals surface area contributed by atoms with E-state index in [9.17, 15) is 0 Å². The van der Waals surface area contributed by atoms with E-state index in [1.165, 1.54) is 0 Å². The molecule has 0 bridgehead atoms. The Hall–Kier alpha value is -3.61. The number of aromatic nitrogens is 3. The maximum Gasteiger partial charge on any atom is 0.159 e. The van der Waals surface area contributed by atoms with Crippen LogP contribution in [0.3, 0.4) is 0 Å². The van der Waals surface area contributed by atoms with Gasteiger partial charge in [0.25, 0.3) is 0 Å². The van der Waals surface area contributed by atoms with Crippen LogP contribution in [-0.4, -0.2) is 26.6 Å². The monoisotopic (exact) mass is 317 g/mol. The first-order valence-corrected chi connectivity index (χ1v) is 7.12. The Morgan fingerprint density at radius 1 is 0.667 bits per heavy atom. The van der Waals surface area contributed by atoms with Gasteiger partial charge in [-0.1, -0.05) is 30.3 Å². The summed E-state index contributed by atoms with van der Waals surface area (Å²) in [6, 6.07) is 10.7. The number of nitrogens with zero attached hydrogens (tertiary/aromatic N) is 3. The number of rotatable bonds is 4. The second kappa shape index (κ2) is 6.25. The predicted octanol–water partition coefficient (Wildman–Crippen LogP) is 1.77. The van der Waals surface area contributed by atoms with Crippen molar-refractivity contribution in [3.8, 4) is 22.5 Å². The molecule has 1 aromatic carbocycles. The minimum Gasteiger partial charge on any atom is -0.384 e. The van der Waals surface area contributed by atoms with Gasteiger partial charge in [0, 0.05) is 40.8 Å². The fourth-order valence-corrected chi connectivity index (χ4v) is 2.15. The van der Waals surface area contributed by atoms with Crippen LogP contribution in [0.1, 0.15) is 11.3 Å². The molecule has 24 heavy (non-hydrogen) atoms. The van der Waals surface area contributed by atoms with Crippen molar-refractivity contribution in [3.63, 3.8) is 0 Å². The first-order chi connectivity index (χ1) is 11.5. The van der Waals surface area contributed by atoms with Crippen LogP contribution in [0.2, 0.25) is 0 Å². The number of nitrogen functional groups attached to an aromatic ring is 2. The van der Waals surface area contributed by atoms with E-state index in [1.807, 2.05) is 18.2 Å². The smallest absolute Gasteiger partial charge is 0.159 e. The number of pyridine rings is 1. The maximum atomic E-state index is 7.39. The molecule has 118 valence electrons. The molecule has 0 spiro atoms. The molecular weight excluding hydrogens is 302 g/mol. The molecule has 2 heterocycles. The van der Waals surface area contributed by atoms with Gasteiger partial charge in [-0.15, -0.1) is 0 Å². The highest BCUT2D eigenvalue weighted by Crippen LogP contribution is 2.20. The maximum absolute atomic E-state index is 7.39. The molecule has 0 atom stereocenters. The van der Waals surface area contributed by atoms with Crippen molar-refractivity contribution in [3.05, 3.63) is 66.2 Å². The summed E-state index contributed by atoms with van der Waals surface area (Å²) >= 11 is 0. The SMILES string of the molecule is N=C(N)c1ccc(-c2ncc(-c3ccc(C(=N)N)nc3)cn2)cc1.